The second-order valence-electron chi connectivity index (χ2n) is 6.25. The Kier molecular flexibility index (Phi) is 4.72. The average molecular weight is 373 g/mol. The van der Waals surface area contributed by atoms with Gasteiger partial charge in [-0.1, -0.05) is 24.3 Å². The summed E-state index contributed by atoms with van der Waals surface area (Å²) in [5, 5.41) is 3.81. The fourth-order valence-corrected chi connectivity index (χ4v) is 3.13. The summed E-state index contributed by atoms with van der Waals surface area (Å²) < 4.78 is 16.4. The molecule has 0 spiro atoms. The lowest BCUT2D eigenvalue weighted by atomic mass is 10.0. The number of hydrogen-bond acceptors (Lipinski definition) is 5. The molecule has 0 amide bonds. The number of fused-ring (bicyclic) bond motifs is 1. The molecule has 1 N–H and O–H groups in total. The molecule has 0 saturated heterocycles. The highest BCUT2D eigenvalue weighted by molar-refractivity contribution is 5.86. The Morgan fingerprint density at radius 1 is 0.821 bits per heavy atom. The van der Waals surface area contributed by atoms with Crippen molar-refractivity contribution in [2.75, 3.05) is 19.5 Å². The molecule has 1 aromatic heterocycles. The third-order valence-electron chi connectivity index (χ3n) is 4.53. The summed E-state index contributed by atoms with van der Waals surface area (Å²) in [4.78, 5) is 13.0. The van der Waals surface area contributed by atoms with Crippen molar-refractivity contribution in [3.8, 4) is 22.6 Å². The molecule has 0 unspecified atom stereocenters. The predicted molar refractivity (Wildman–Crippen MR) is 111 cm³/mol. The quantitative estimate of drug-likeness (QED) is 0.520. The molecule has 0 radical (unpaired) electrons. The van der Waals surface area contributed by atoms with Crippen molar-refractivity contribution in [1.29, 1.82) is 0 Å². The molecule has 0 bridgehead atoms. The summed E-state index contributed by atoms with van der Waals surface area (Å²) in [6.45, 7) is 0. The topological polar surface area (TPSA) is 60.7 Å². The summed E-state index contributed by atoms with van der Waals surface area (Å²) in [6.07, 6.45) is 1.48. The maximum atomic E-state index is 13.0. The standard InChI is InChI=1S/C23H19NO4/c1-26-17-7-5-6-15(12-17)24-16-10-11-19-22(13-16)28-14-20(23(19)25)18-8-3-4-9-21(18)27-2/h3-14,24H,1-2H3. The second kappa shape index (κ2) is 7.48. The van der Waals surface area contributed by atoms with Gasteiger partial charge in [-0.25, -0.2) is 0 Å². The van der Waals surface area contributed by atoms with Crippen LogP contribution in [0.25, 0.3) is 22.1 Å². The molecule has 0 saturated carbocycles. The second-order valence-corrected chi connectivity index (χ2v) is 6.25. The van der Waals surface area contributed by atoms with Crippen LogP contribution in [0.1, 0.15) is 0 Å². The van der Waals surface area contributed by atoms with Gasteiger partial charge in [0.1, 0.15) is 23.3 Å². The molecule has 28 heavy (non-hydrogen) atoms. The van der Waals surface area contributed by atoms with Crippen LogP contribution in [0, 0.1) is 0 Å². The van der Waals surface area contributed by atoms with Crippen LogP contribution in [-0.2, 0) is 0 Å². The largest absolute Gasteiger partial charge is 0.497 e. The maximum Gasteiger partial charge on any atom is 0.200 e. The summed E-state index contributed by atoms with van der Waals surface area (Å²) >= 11 is 0. The van der Waals surface area contributed by atoms with E-state index in [-0.39, 0.29) is 5.43 Å². The van der Waals surface area contributed by atoms with Crippen LogP contribution in [-0.4, -0.2) is 14.2 Å². The Bertz CT molecular complexity index is 1200. The summed E-state index contributed by atoms with van der Waals surface area (Å²) in [6, 6.07) is 20.4. The SMILES string of the molecule is COc1cccc(Nc2ccc3c(=O)c(-c4ccccc4OC)coc3c2)c1. The molecule has 0 aliphatic carbocycles. The first-order valence-electron chi connectivity index (χ1n) is 8.79. The first kappa shape index (κ1) is 17.7. The zero-order valence-electron chi connectivity index (χ0n) is 15.6. The van der Waals surface area contributed by atoms with Crippen molar-refractivity contribution in [1.82, 2.24) is 0 Å². The normalized spacial score (nSPS) is 10.6. The van der Waals surface area contributed by atoms with Gasteiger partial charge in [0.05, 0.1) is 25.2 Å². The van der Waals surface area contributed by atoms with Crippen LogP contribution in [0.4, 0.5) is 11.4 Å². The number of rotatable bonds is 5. The van der Waals surface area contributed by atoms with E-state index < -0.39 is 0 Å². The Morgan fingerprint density at radius 3 is 2.46 bits per heavy atom. The Hall–Kier alpha value is -3.73. The lowest BCUT2D eigenvalue weighted by Crippen LogP contribution is -2.06. The monoisotopic (exact) mass is 373 g/mol. The Labute approximate surface area is 162 Å². The molecule has 140 valence electrons. The summed E-state index contributed by atoms with van der Waals surface area (Å²) in [5.41, 5.74) is 3.29. The molecule has 0 aliphatic heterocycles. The van der Waals surface area contributed by atoms with Gasteiger partial charge >= 0.3 is 0 Å². The number of ether oxygens (including phenoxy) is 2. The zero-order valence-corrected chi connectivity index (χ0v) is 15.6. The van der Waals surface area contributed by atoms with Gasteiger partial charge in [0.2, 0.25) is 5.43 Å². The lowest BCUT2D eigenvalue weighted by molar-refractivity contribution is 0.415. The number of hydrogen-bond donors (Lipinski definition) is 1. The van der Waals surface area contributed by atoms with Crippen molar-refractivity contribution in [3.63, 3.8) is 0 Å². The number of para-hydroxylation sites is 1. The Morgan fingerprint density at radius 2 is 1.64 bits per heavy atom. The predicted octanol–water partition coefficient (Wildman–Crippen LogP) is 5.22. The third kappa shape index (κ3) is 3.30. The van der Waals surface area contributed by atoms with E-state index in [1.807, 2.05) is 60.7 Å². The fourth-order valence-electron chi connectivity index (χ4n) is 3.13. The molecule has 5 heteroatoms. The molecule has 0 fully saturated rings. The molecule has 5 nitrogen and oxygen atoms in total. The minimum absolute atomic E-state index is 0.0984. The van der Waals surface area contributed by atoms with Gasteiger partial charge < -0.3 is 19.2 Å². The minimum atomic E-state index is -0.0984. The van der Waals surface area contributed by atoms with E-state index in [0.717, 1.165) is 17.1 Å². The van der Waals surface area contributed by atoms with Crippen molar-refractivity contribution in [3.05, 3.63) is 83.2 Å². The molecule has 1 heterocycles. The van der Waals surface area contributed by atoms with Gasteiger partial charge in [0, 0.05) is 29.1 Å². The molecule has 4 rings (SSSR count). The first-order chi connectivity index (χ1) is 13.7. The number of benzene rings is 3. The lowest BCUT2D eigenvalue weighted by Gasteiger charge is -2.10. The van der Waals surface area contributed by atoms with E-state index in [2.05, 4.69) is 5.32 Å². The Balaban J connectivity index is 1.73. The highest BCUT2D eigenvalue weighted by Crippen LogP contribution is 2.30. The van der Waals surface area contributed by atoms with E-state index >= 15 is 0 Å². The highest BCUT2D eigenvalue weighted by Gasteiger charge is 2.13. The van der Waals surface area contributed by atoms with Crippen LogP contribution < -0.4 is 20.2 Å². The number of methoxy groups -OCH3 is 2. The van der Waals surface area contributed by atoms with Crippen molar-refractivity contribution < 1.29 is 13.9 Å². The number of nitrogens with one attached hydrogen (secondary N) is 1. The molecule has 0 atom stereocenters. The fraction of sp³-hybridized carbons (Fsp3) is 0.0870. The van der Waals surface area contributed by atoms with Crippen LogP contribution in [0.15, 0.2) is 82.2 Å². The van der Waals surface area contributed by atoms with E-state index in [0.29, 0.717) is 27.8 Å². The van der Waals surface area contributed by atoms with Crippen molar-refractivity contribution in [2.45, 2.75) is 0 Å². The smallest absolute Gasteiger partial charge is 0.200 e. The summed E-state index contributed by atoms with van der Waals surface area (Å²) in [5.74, 6) is 1.39. The first-order valence-corrected chi connectivity index (χ1v) is 8.79. The van der Waals surface area contributed by atoms with Crippen LogP contribution in [0.2, 0.25) is 0 Å². The molecular formula is C23H19NO4. The van der Waals surface area contributed by atoms with Gasteiger partial charge in [0.25, 0.3) is 0 Å². The van der Waals surface area contributed by atoms with Crippen LogP contribution >= 0.6 is 0 Å². The van der Waals surface area contributed by atoms with E-state index in [9.17, 15) is 4.79 Å². The van der Waals surface area contributed by atoms with E-state index in [1.54, 1.807) is 20.3 Å². The van der Waals surface area contributed by atoms with Gasteiger partial charge in [-0.2, -0.15) is 0 Å². The maximum absolute atomic E-state index is 13.0. The highest BCUT2D eigenvalue weighted by atomic mass is 16.5. The molecular weight excluding hydrogens is 354 g/mol. The third-order valence-corrected chi connectivity index (χ3v) is 4.53. The van der Waals surface area contributed by atoms with Crippen LogP contribution in [0.5, 0.6) is 11.5 Å². The van der Waals surface area contributed by atoms with Gasteiger partial charge in [0.15, 0.2) is 0 Å². The summed E-state index contributed by atoms with van der Waals surface area (Å²) in [7, 11) is 3.21. The molecule has 0 aliphatic rings. The number of anilines is 2. The van der Waals surface area contributed by atoms with Gasteiger partial charge in [-0.15, -0.1) is 0 Å². The average Bonchev–Trinajstić information content (AvgIpc) is 2.74. The van der Waals surface area contributed by atoms with Gasteiger partial charge in [-0.3, -0.25) is 4.79 Å². The molecule has 3 aromatic carbocycles. The van der Waals surface area contributed by atoms with Gasteiger partial charge in [-0.05, 0) is 30.3 Å². The van der Waals surface area contributed by atoms with Crippen LogP contribution in [0.3, 0.4) is 0 Å². The molecule has 4 aromatic rings. The van der Waals surface area contributed by atoms with Crippen molar-refractivity contribution in [2.24, 2.45) is 0 Å². The zero-order chi connectivity index (χ0) is 19.5. The van der Waals surface area contributed by atoms with E-state index in [4.69, 9.17) is 13.9 Å². The van der Waals surface area contributed by atoms with Crippen molar-refractivity contribution >= 4 is 22.3 Å². The van der Waals surface area contributed by atoms with E-state index in [1.165, 1.54) is 6.26 Å². The minimum Gasteiger partial charge on any atom is -0.497 e.